The van der Waals surface area contributed by atoms with E-state index in [-0.39, 0.29) is 0 Å². The molecular weight excluding hydrogens is 252 g/mol. The van der Waals surface area contributed by atoms with E-state index in [1.165, 1.54) is 22.2 Å². The molecule has 0 aliphatic carbocycles. The molecule has 2 aromatic carbocycles. The zero-order valence-corrected chi connectivity index (χ0v) is 11.9. The Balaban J connectivity index is 2.13. The molecule has 0 saturated heterocycles. The van der Waals surface area contributed by atoms with E-state index >= 15 is 0 Å². The van der Waals surface area contributed by atoms with Gasteiger partial charge in [-0.25, -0.2) is 0 Å². The minimum absolute atomic E-state index is 0.783. The van der Waals surface area contributed by atoms with Gasteiger partial charge in [0.2, 0.25) is 0 Å². The molecule has 2 nitrogen and oxygen atoms in total. The second-order valence-electron chi connectivity index (χ2n) is 4.97. The summed E-state index contributed by atoms with van der Waals surface area (Å²) < 4.78 is 2.94. The summed E-state index contributed by atoms with van der Waals surface area (Å²) in [4.78, 5) is 3.31. The average Bonchev–Trinajstić information content (AvgIpc) is 2.69. The molecule has 0 aliphatic heterocycles. The standard InChI is InChI=1S/C16H16N2S/c1-11-5-3-7-13(9-11)10-18-14-8-4-6-12(2)15(14)17-16(18)19/h3-9H,10H2,1-2H3,(H,17,19). The topological polar surface area (TPSA) is 20.7 Å². The molecule has 1 N–H and O–H groups in total. The number of aryl methyl sites for hydroxylation is 2. The SMILES string of the molecule is Cc1cccc(Cn2c(=S)[nH]c3c(C)cccc32)c1. The van der Waals surface area contributed by atoms with Crippen molar-refractivity contribution in [2.75, 3.05) is 0 Å². The van der Waals surface area contributed by atoms with Crippen molar-refractivity contribution in [1.82, 2.24) is 9.55 Å². The highest BCUT2D eigenvalue weighted by Gasteiger charge is 2.06. The molecule has 19 heavy (non-hydrogen) atoms. The number of fused-ring (bicyclic) bond motifs is 1. The van der Waals surface area contributed by atoms with E-state index in [2.05, 4.69) is 65.9 Å². The van der Waals surface area contributed by atoms with Gasteiger partial charge in [0.25, 0.3) is 0 Å². The lowest BCUT2D eigenvalue weighted by atomic mass is 10.1. The van der Waals surface area contributed by atoms with Gasteiger partial charge in [0.1, 0.15) is 0 Å². The highest BCUT2D eigenvalue weighted by atomic mass is 32.1. The van der Waals surface area contributed by atoms with Crippen molar-refractivity contribution in [3.05, 3.63) is 63.9 Å². The minimum Gasteiger partial charge on any atom is -0.330 e. The molecule has 0 unspecified atom stereocenters. The Morgan fingerprint density at radius 3 is 2.68 bits per heavy atom. The lowest BCUT2D eigenvalue weighted by molar-refractivity contribution is 0.809. The Morgan fingerprint density at radius 1 is 1.11 bits per heavy atom. The average molecular weight is 268 g/mol. The second-order valence-corrected chi connectivity index (χ2v) is 5.36. The largest absolute Gasteiger partial charge is 0.330 e. The van der Waals surface area contributed by atoms with Gasteiger partial charge >= 0.3 is 0 Å². The predicted octanol–water partition coefficient (Wildman–Crippen LogP) is 4.36. The molecule has 0 spiro atoms. The summed E-state index contributed by atoms with van der Waals surface area (Å²) in [7, 11) is 0. The molecule has 0 aliphatic rings. The summed E-state index contributed by atoms with van der Waals surface area (Å²) in [5.41, 5.74) is 6.09. The first-order valence-electron chi connectivity index (χ1n) is 6.39. The van der Waals surface area contributed by atoms with Crippen LogP contribution in [0.3, 0.4) is 0 Å². The van der Waals surface area contributed by atoms with Crippen LogP contribution < -0.4 is 0 Å². The number of benzene rings is 2. The molecule has 0 atom stereocenters. The van der Waals surface area contributed by atoms with Gasteiger partial charge in [0.05, 0.1) is 17.6 Å². The maximum Gasteiger partial charge on any atom is 0.178 e. The Morgan fingerprint density at radius 2 is 1.89 bits per heavy atom. The normalized spacial score (nSPS) is 11.1. The first-order chi connectivity index (χ1) is 9.15. The number of nitrogens with one attached hydrogen (secondary N) is 1. The zero-order valence-electron chi connectivity index (χ0n) is 11.1. The summed E-state index contributed by atoms with van der Waals surface area (Å²) >= 11 is 5.45. The molecular formula is C16H16N2S. The van der Waals surface area contributed by atoms with E-state index in [0.717, 1.165) is 16.8 Å². The number of aromatic amines is 1. The number of aromatic nitrogens is 2. The van der Waals surface area contributed by atoms with Crippen LogP contribution in [0.25, 0.3) is 11.0 Å². The fraction of sp³-hybridized carbons (Fsp3) is 0.188. The maximum absolute atomic E-state index is 5.45. The van der Waals surface area contributed by atoms with Crippen molar-refractivity contribution in [2.45, 2.75) is 20.4 Å². The van der Waals surface area contributed by atoms with Gasteiger partial charge in [-0.1, -0.05) is 42.0 Å². The summed E-state index contributed by atoms with van der Waals surface area (Å²) in [6.45, 7) is 5.02. The monoisotopic (exact) mass is 268 g/mol. The van der Waals surface area contributed by atoms with Gasteiger partial charge in [-0.05, 0) is 43.3 Å². The number of rotatable bonds is 2. The number of hydrogen-bond donors (Lipinski definition) is 1. The van der Waals surface area contributed by atoms with E-state index in [9.17, 15) is 0 Å². The molecule has 0 saturated carbocycles. The van der Waals surface area contributed by atoms with Crippen LogP contribution in [0.2, 0.25) is 0 Å². The van der Waals surface area contributed by atoms with Crippen LogP contribution in [-0.4, -0.2) is 9.55 Å². The van der Waals surface area contributed by atoms with Crippen molar-refractivity contribution in [3.63, 3.8) is 0 Å². The predicted molar refractivity (Wildman–Crippen MR) is 82.1 cm³/mol. The van der Waals surface area contributed by atoms with Gasteiger partial charge in [-0.2, -0.15) is 0 Å². The zero-order chi connectivity index (χ0) is 13.4. The van der Waals surface area contributed by atoms with E-state index in [0.29, 0.717) is 0 Å². The van der Waals surface area contributed by atoms with Gasteiger partial charge in [-0.3, -0.25) is 0 Å². The molecule has 0 amide bonds. The third-order valence-corrected chi connectivity index (χ3v) is 3.76. The Kier molecular flexibility index (Phi) is 2.99. The Labute approximate surface area is 117 Å². The maximum atomic E-state index is 5.45. The number of imidazole rings is 1. The van der Waals surface area contributed by atoms with Crippen LogP contribution in [0.15, 0.2) is 42.5 Å². The van der Waals surface area contributed by atoms with Crippen LogP contribution >= 0.6 is 12.2 Å². The molecule has 3 aromatic rings. The quantitative estimate of drug-likeness (QED) is 0.685. The van der Waals surface area contributed by atoms with Crippen molar-refractivity contribution in [3.8, 4) is 0 Å². The van der Waals surface area contributed by atoms with Crippen molar-refractivity contribution in [1.29, 1.82) is 0 Å². The van der Waals surface area contributed by atoms with Crippen LogP contribution in [0.4, 0.5) is 0 Å². The lowest BCUT2D eigenvalue weighted by Crippen LogP contribution is -1.99. The second kappa shape index (κ2) is 4.67. The number of hydrogen-bond acceptors (Lipinski definition) is 1. The number of nitrogens with zero attached hydrogens (tertiary/aromatic N) is 1. The molecule has 3 heteroatoms. The molecule has 1 heterocycles. The smallest absolute Gasteiger partial charge is 0.178 e. The van der Waals surface area contributed by atoms with Crippen molar-refractivity contribution >= 4 is 23.3 Å². The number of para-hydroxylation sites is 1. The van der Waals surface area contributed by atoms with Gasteiger partial charge in [0.15, 0.2) is 4.77 Å². The Bertz CT molecular complexity index is 796. The van der Waals surface area contributed by atoms with Gasteiger partial charge in [0, 0.05) is 0 Å². The third-order valence-electron chi connectivity index (χ3n) is 3.44. The molecule has 0 radical (unpaired) electrons. The van der Waals surface area contributed by atoms with Gasteiger partial charge < -0.3 is 9.55 Å². The van der Waals surface area contributed by atoms with Crippen LogP contribution in [0.5, 0.6) is 0 Å². The first-order valence-corrected chi connectivity index (χ1v) is 6.79. The molecule has 3 rings (SSSR count). The molecule has 0 fully saturated rings. The first kappa shape index (κ1) is 12.2. The summed E-state index contributed by atoms with van der Waals surface area (Å²) in [5, 5.41) is 0. The van der Waals surface area contributed by atoms with Crippen LogP contribution in [0, 0.1) is 18.6 Å². The molecule has 1 aromatic heterocycles. The van der Waals surface area contributed by atoms with Crippen molar-refractivity contribution in [2.24, 2.45) is 0 Å². The van der Waals surface area contributed by atoms with Gasteiger partial charge in [-0.15, -0.1) is 0 Å². The fourth-order valence-corrected chi connectivity index (χ4v) is 2.74. The lowest BCUT2D eigenvalue weighted by Gasteiger charge is -2.06. The highest BCUT2D eigenvalue weighted by molar-refractivity contribution is 7.71. The van der Waals surface area contributed by atoms with E-state index in [1.54, 1.807) is 0 Å². The third kappa shape index (κ3) is 2.22. The van der Waals surface area contributed by atoms with E-state index < -0.39 is 0 Å². The summed E-state index contributed by atoms with van der Waals surface area (Å²) in [6.07, 6.45) is 0. The van der Waals surface area contributed by atoms with E-state index in [1.807, 2.05) is 0 Å². The van der Waals surface area contributed by atoms with Crippen LogP contribution in [-0.2, 0) is 6.54 Å². The van der Waals surface area contributed by atoms with Crippen LogP contribution in [0.1, 0.15) is 16.7 Å². The Hall–Kier alpha value is -1.87. The fourth-order valence-electron chi connectivity index (χ4n) is 2.47. The van der Waals surface area contributed by atoms with E-state index in [4.69, 9.17) is 12.2 Å². The summed E-state index contributed by atoms with van der Waals surface area (Å²) in [6, 6.07) is 14.8. The number of H-pyrrole nitrogens is 1. The van der Waals surface area contributed by atoms with Crippen molar-refractivity contribution < 1.29 is 0 Å². The summed E-state index contributed by atoms with van der Waals surface area (Å²) in [5.74, 6) is 0. The molecule has 0 bridgehead atoms. The minimum atomic E-state index is 0.783. The molecule has 96 valence electrons. The highest BCUT2D eigenvalue weighted by Crippen LogP contribution is 2.19.